The minimum atomic E-state index is -0.402. The van der Waals surface area contributed by atoms with E-state index in [-0.39, 0.29) is 29.7 Å². The molecule has 11 aromatic rings. The van der Waals surface area contributed by atoms with E-state index in [4.69, 9.17) is 21.8 Å². The molecule has 0 aliphatic heterocycles. The van der Waals surface area contributed by atoms with Gasteiger partial charge in [0.25, 0.3) is 0 Å². The highest BCUT2D eigenvalue weighted by Gasteiger charge is 2.22. The molecule has 5 heteroatoms. The fraction of sp³-hybridized carbons (Fsp3) is 0. The molecular formula is C51H33N5. The van der Waals surface area contributed by atoms with Crippen LogP contribution in [0.2, 0.25) is 0 Å². The van der Waals surface area contributed by atoms with E-state index >= 15 is 0 Å². The van der Waals surface area contributed by atoms with E-state index < -0.39 is 6.04 Å². The molecule has 0 N–H and O–H groups in total. The van der Waals surface area contributed by atoms with Gasteiger partial charge in [0.15, 0.2) is 11.6 Å². The van der Waals surface area contributed by atoms with Crippen LogP contribution in [-0.4, -0.2) is 24.1 Å². The van der Waals surface area contributed by atoms with Crippen molar-refractivity contribution in [1.29, 1.82) is 0 Å². The molecule has 0 aliphatic rings. The van der Waals surface area contributed by atoms with Crippen molar-refractivity contribution in [2.24, 2.45) is 0 Å². The van der Waals surface area contributed by atoms with Crippen LogP contribution in [0, 0.1) is 0 Å². The second-order valence-electron chi connectivity index (χ2n) is 13.7. The SMILES string of the molecule is [2H]c1c([2H])c([2H])c(-c2ccc(-c3cccc(-n4c5ccccc5c5c6c7ccccc7n(-c7nc(-c8ccccc8)nc(-c8ccccc8)n7)c6ccc54)c3)cc2)c([2H])c1[2H]. The maximum atomic E-state index is 8.47. The van der Waals surface area contributed by atoms with Crippen molar-refractivity contribution in [2.75, 3.05) is 0 Å². The molecule has 0 aliphatic carbocycles. The standard InChI is InChI=1S/C51H33N5/c1-4-15-34(16-5-1)35-27-29-36(30-28-35)39-21-14-22-40(33-39)55-43-25-12-10-23-41(43)47-45(55)31-32-46-48(47)42-24-11-13-26-44(42)56(46)51-53-49(37-17-6-2-7-18-37)52-50(54-51)38-19-8-3-9-20-38/h1-33H/i1D,4D,5D,15D,16D. The molecule has 0 radical (unpaired) electrons. The van der Waals surface area contributed by atoms with Gasteiger partial charge >= 0.3 is 0 Å². The number of nitrogens with zero attached hydrogens (tertiary/aromatic N) is 5. The molecule has 262 valence electrons. The molecule has 0 bridgehead atoms. The summed E-state index contributed by atoms with van der Waals surface area (Å²) in [6.45, 7) is 0. The molecule has 3 aromatic heterocycles. The largest absolute Gasteiger partial charge is 0.309 e. The Hall–Kier alpha value is -7.63. The Morgan fingerprint density at radius 1 is 0.357 bits per heavy atom. The van der Waals surface area contributed by atoms with Gasteiger partial charge in [0.1, 0.15) is 0 Å². The summed E-state index contributed by atoms with van der Waals surface area (Å²) >= 11 is 0. The van der Waals surface area contributed by atoms with E-state index in [0.29, 0.717) is 23.2 Å². The van der Waals surface area contributed by atoms with E-state index in [1.54, 1.807) is 0 Å². The lowest BCUT2D eigenvalue weighted by molar-refractivity contribution is 0.953. The van der Waals surface area contributed by atoms with E-state index in [2.05, 4.69) is 94.1 Å². The summed E-state index contributed by atoms with van der Waals surface area (Å²) in [5.41, 5.74) is 9.54. The Bertz CT molecular complexity index is 3440. The van der Waals surface area contributed by atoms with Crippen LogP contribution in [0.15, 0.2) is 200 Å². The third kappa shape index (κ3) is 5.21. The van der Waals surface area contributed by atoms with E-state index in [1.165, 1.54) is 0 Å². The number of hydrogen-bond acceptors (Lipinski definition) is 3. The maximum Gasteiger partial charge on any atom is 0.238 e. The summed E-state index contributed by atoms with van der Waals surface area (Å²) in [4.78, 5) is 15.2. The predicted octanol–water partition coefficient (Wildman–Crippen LogP) is 12.7. The number of rotatable bonds is 6. The van der Waals surface area contributed by atoms with Crippen LogP contribution >= 0.6 is 0 Å². The number of para-hydroxylation sites is 2. The van der Waals surface area contributed by atoms with Crippen LogP contribution in [0.1, 0.15) is 6.85 Å². The van der Waals surface area contributed by atoms with Gasteiger partial charge in [-0.25, -0.2) is 4.98 Å². The lowest BCUT2D eigenvalue weighted by Crippen LogP contribution is -2.06. The Morgan fingerprint density at radius 3 is 1.46 bits per heavy atom. The van der Waals surface area contributed by atoms with Crippen LogP contribution in [0.25, 0.3) is 100 Å². The number of fused-ring (bicyclic) bond motifs is 7. The van der Waals surface area contributed by atoms with Crippen molar-refractivity contribution in [3.05, 3.63) is 200 Å². The lowest BCUT2D eigenvalue weighted by atomic mass is 10.00. The highest BCUT2D eigenvalue weighted by Crippen LogP contribution is 2.42. The summed E-state index contributed by atoms with van der Waals surface area (Å²) in [6, 6.07) is 55.7. The van der Waals surface area contributed by atoms with E-state index in [1.807, 2.05) is 84.9 Å². The van der Waals surface area contributed by atoms with Crippen LogP contribution in [-0.2, 0) is 0 Å². The van der Waals surface area contributed by atoms with Crippen LogP contribution in [0.4, 0.5) is 0 Å². The van der Waals surface area contributed by atoms with Crippen molar-refractivity contribution in [3.8, 4) is 56.7 Å². The van der Waals surface area contributed by atoms with Gasteiger partial charge in [0.2, 0.25) is 5.95 Å². The molecule has 3 heterocycles. The quantitative estimate of drug-likeness (QED) is 0.172. The molecule has 0 fully saturated rings. The summed E-state index contributed by atoms with van der Waals surface area (Å²) in [6.07, 6.45) is 0. The van der Waals surface area contributed by atoms with Crippen molar-refractivity contribution in [3.63, 3.8) is 0 Å². The van der Waals surface area contributed by atoms with Gasteiger partial charge in [-0.2, -0.15) is 9.97 Å². The summed E-state index contributed by atoms with van der Waals surface area (Å²) < 4.78 is 45.7. The number of aromatic nitrogens is 5. The first-order valence-electron chi connectivity index (χ1n) is 21.0. The van der Waals surface area contributed by atoms with Crippen molar-refractivity contribution < 1.29 is 6.85 Å². The maximum absolute atomic E-state index is 8.47. The van der Waals surface area contributed by atoms with Gasteiger partial charge in [-0.3, -0.25) is 4.57 Å². The number of hydrogen-bond donors (Lipinski definition) is 0. The summed E-state index contributed by atoms with van der Waals surface area (Å²) in [7, 11) is 0. The number of benzene rings is 8. The fourth-order valence-corrected chi connectivity index (χ4v) is 7.96. The van der Waals surface area contributed by atoms with Crippen LogP contribution in [0.5, 0.6) is 0 Å². The first-order valence-corrected chi connectivity index (χ1v) is 18.5. The molecule has 8 aromatic carbocycles. The minimum Gasteiger partial charge on any atom is -0.309 e. The van der Waals surface area contributed by atoms with Crippen LogP contribution in [0.3, 0.4) is 0 Å². The van der Waals surface area contributed by atoms with Crippen molar-refractivity contribution in [1.82, 2.24) is 24.1 Å². The van der Waals surface area contributed by atoms with E-state index in [9.17, 15) is 0 Å². The Balaban J connectivity index is 1.10. The molecule has 0 atom stereocenters. The molecule has 11 rings (SSSR count). The third-order valence-electron chi connectivity index (χ3n) is 10.5. The summed E-state index contributed by atoms with van der Waals surface area (Å²) in [5, 5.41) is 4.43. The normalized spacial score (nSPS) is 12.8. The predicted molar refractivity (Wildman–Crippen MR) is 230 cm³/mol. The molecule has 0 unspecified atom stereocenters. The Kier molecular flexibility index (Phi) is 6.29. The zero-order valence-corrected chi connectivity index (χ0v) is 29.9. The van der Waals surface area contributed by atoms with Gasteiger partial charge in [-0.1, -0.05) is 164 Å². The molecule has 56 heavy (non-hydrogen) atoms. The molecule has 0 amide bonds. The van der Waals surface area contributed by atoms with E-state index in [0.717, 1.165) is 71.6 Å². The zero-order valence-electron chi connectivity index (χ0n) is 34.9. The van der Waals surface area contributed by atoms with Gasteiger partial charge < -0.3 is 4.57 Å². The van der Waals surface area contributed by atoms with Gasteiger partial charge in [0, 0.05) is 38.4 Å². The molecule has 0 saturated heterocycles. The fourth-order valence-electron chi connectivity index (χ4n) is 7.96. The average Bonchev–Trinajstić information content (AvgIpc) is 3.84. The first kappa shape index (κ1) is 27.0. The minimum absolute atomic E-state index is 0.188. The first-order chi connectivity index (χ1) is 29.9. The molecule has 5 nitrogen and oxygen atoms in total. The second kappa shape index (κ2) is 13.0. The topological polar surface area (TPSA) is 48.5 Å². The van der Waals surface area contributed by atoms with Gasteiger partial charge in [-0.05, 0) is 58.7 Å². The second-order valence-corrected chi connectivity index (χ2v) is 13.7. The van der Waals surface area contributed by atoms with Gasteiger partial charge in [0.05, 0.1) is 28.9 Å². The average molecular weight is 721 g/mol. The monoisotopic (exact) mass is 720 g/mol. The van der Waals surface area contributed by atoms with Gasteiger partial charge in [-0.15, -0.1) is 0 Å². The highest BCUT2D eigenvalue weighted by molar-refractivity contribution is 6.28. The lowest BCUT2D eigenvalue weighted by Gasteiger charge is -2.12. The highest BCUT2D eigenvalue weighted by atomic mass is 15.2. The third-order valence-corrected chi connectivity index (χ3v) is 10.5. The molecular weight excluding hydrogens is 683 g/mol. The Labute approximate surface area is 330 Å². The molecule has 0 saturated carbocycles. The Morgan fingerprint density at radius 2 is 0.857 bits per heavy atom. The zero-order chi connectivity index (χ0) is 41.4. The smallest absolute Gasteiger partial charge is 0.238 e. The van der Waals surface area contributed by atoms with Crippen molar-refractivity contribution in [2.45, 2.75) is 0 Å². The van der Waals surface area contributed by atoms with Crippen molar-refractivity contribution >= 4 is 43.6 Å². The van der Waals surface area contributed by atoms with Crippen LogP contribution < -0.4 is 0 Å². The summed E-state index contributed by atoms with van der Waals surface area (Å²) in [5.74, 6) is 1.72. The molecule has 0 spiro atoms.